The predicted octanol–water partition coefficient (Wildman–Crippen LogP) is 0.998. The molecule has 1 aliphatic rings. The van der Waals surface area contributed by atoms with Crippen LogP contribution in [0.5, 0.6) is 0 Å². The second-order valence-corrected chi connectivity index (χ2v) is 5.78. The van der Waals surface area contributed by atoms with Crippen LogP contribution in [0.4, 0.5) is 0 Å². The third-order valence-corrected chi connectivity index (χ3v) is 4.12. The summed E-state index contributed by atoms with van der Waals surface area (Å²) in [4.78, 5) is 28.7. The largest absolute Gasteiger partial charge is 0.464 e. The molecule has 3 heterocycles. The van der Waals surface area contributed by atoms with E-state index in [9.17, 15) is 9.59 Å². The molecular weight excluding hydrogens is 314 g/mol. The van der Waals surface area contributed by atoms with Crippen LogP contribution in [0.25, 0.3) is 11.1 Å². The van der Waals surface area contributed by atoms with Crippen molar-refractivity contribution in [3.8, 4) is 0 Å². The van der Waals surface area contributed by atoms with Gasteiger partial charge in [0.25, 0.3) is 5.91 Å². The van der Waals surface area contributed by atoms with E-state index in [1.165, 1.54) is 13.2 Å². The summed E-state index contributed by atoms with van der Waals surface area (Å²) in [6, 6.07) is 3.45. The van der Waals surface area contributed by atoms with Crippen LogP contribution in [0.2, 0.25) is 0 Å². The average Bonchev–Trinajstić information content (AvgIpc) is 3.14. The number of methoxy groups -OCH3 is 1. The Bertz CT molecular complexity index is 704. The van der Waals surface area contributed by atoms with Crippen LogP contribution in [-0.4, -0.2) is 67.8 Å². The van der Waals surface area contributed by atoms with Gasteiger partial charge in [-0.25, -0.2) is 4.79 Å². The molecule has 0 radical (unpaired) electrons. The molecule has 1 saturated heterocycles. The fourth-order valence-corrected chi connectivity index (χ4v) is 2.75. The number of esters is 1. The number of aromatic nitrogens is 1. The van der Waals surface area contributed by atoms with Crippen molar-refractivity contribution in [2.75, 3.05) is 40.0 Å². The lowest BCUT2D eigenvalue weighted by molar-refractivity contribution is 0.000513. The molecule has 0 bridgehead atoms. The van der Waals surface area contributed by atoms with Crippen LogP contribution in [-0.2, 0) is 9.47 Å². The fourth-order valence-electron chi connectivity index (χ4n) is 2.75. The highest BCUT2D eigenvalue weighted by atomic mass is 16.5. The van der Waals surface area contributed by atoms with E-state index in [0.717, 1.165) is 26.3 Å². The summed E-state index contributed by atoms with van der Waals surface area (Å²) < 4.78 is 15.5. The number of H-pyrrole nitrogens is 1. The van der Waals surface area contributed by atoms with E-state index >= 15 is 0 Å². The van der Waals surface area contributed by atoms with Gasteiger partial charge in [-0.1, -0.05) is 0 Å². The number of ether oxygens (including phenoxy) is 2. The highest BCUT2D eigenvalue weighted by molar-refractivity contribution is 5.98. The SMILES string of the molecule is COC(=O)c1cc2oc(C(=O)NCCN3CCOCC3C)cc2[nH]1. The highest BCUT2D eigenvalue weighted by Crippen LogP contribution is 2.20. The molecule has 8 nitrogen and oxygen atoms in total. The number of aromatic amines is 1. The molecular formula is C16H21N3O5. The standard InChI is InChI=1S/C16H21N3O5/c1-10-9-23-6-5-19(10)4-3-17-15(20)14-7-11-13(24-14)8-12(18-11)16(21)22-2/h7-8,10,18H,3-6,9H2,1-2H3,(H,17,20). The van der Waals surface area contributed by atoms with Crippen LogP contribution in [0, 0.1) is 0 Å². The zero-order valence-electron chi connectivity index (χ0n) is 13.8. The number of amides is 1. The topological polar surface area (TPSA) is 96.8 Å². The maximum atomic E-state index is 12.2. The Morgan fingerprint density at radius 3 is 3.00 bits per heavy atom. The monoisotopic (exact) mass is 335 g/mol. The molecule has 3 rings (SSSR count). The van der Waals surface area contributed by atoms with Crippen LogP contribution in [0.3, 0.4) is 0 Å². The Hall–Kier alpha value is -2.32. The molecule has 24 heavy (non-hydrogen) atoms. The van der Waals surface area contributed by atoms with E-state index in [2.05, 4.69) is 26.9 Å². The summed E-state index contributed by atoms with van der Waals surface area (Å²) in [5, 5.41) is 2.85. The van der Waals surface area contributed by atoms with E-state index < -0.39 is 5.97 Å². The van der Waals surface area contributed by atoms with E-state index in [-0.39, 0.29) is 11.7 Å². The predicted molar refractivity (Wildman–Crippen MR) is 86.1 cm³/mol. The van der Waals surface area contributed by atoms with Gasteiger partial charge in [0.2, 0.25) is 0 Å². The molecule has 8 heteroatoms. The van der Waals surface area contributed by atoms with Gasteiger partial charge < -0.3 is 24.2 Å². The second kappa shape index (κ2) is 7.06. The second-order valence-electron chi connectivity index (χ2n) is 5.78. The molecule has 130 valence electrons. The average molecular weight is 335 g/mol. The van der Waals surface area contributed by atoms with Gasteiger partial charge in [0.15, 0.2) is 11.3 Å². The van der Waals surface area contributed by atoms with Gasteiger partial charge >= 0.3 is 5.97 Å². The Balaban J connectivity index is 1.56. The minimum Gasteiger partial charge on any atom is -0.464 e. The van der Waals surface area contributed by atoms with E-state index in [1.54, 1.807) is 6.07 Å². The number of carbonyl (C=O) groups excluding carboxylic acids is 2. The van der Waals surface area contributed by atoms with Crippen molar-refractivity contribution in [3.05, 3.63) is 23.6 Å². The molecule has 1 atom stereocenters. The number of fused-ring (bicyclic) bond motifs is 1. The number of nitrogens with one attached hydrogen (secondary N) is 2. The molecule has 0 spiro atoms. The number of morpholine rings is 1. The Morgan fingerprint density at radius 2 is 2.29 bits per heavy atom. The minimum absolute atomic E-state index is 0.211. The maximum absolute atomic E-state index is 12.2. The molecule has 0 aliphatic carbocycles. The first-order valence-corrected chi connectivity index (χ1v) is 7.89. The summed E-state index contributed by atoms with van der Waals surface area (Å²) in [5.74, 6) is -0.546. The highest BCUT2D eigenvalue weighted by Gasteiger charge is 2.20. The van der Waals surface area contributed by atoms with Crippen molar-refractivity contribution in [1.29, 1.82) is 0 Å². The van der Waals surface area contributed by atoms with E-state index in [1.807, 2.05) is 0 Å². The first-order chi connectivity index (χ1) is 11.6. The number of hydrogen-bond acceptors (Lipinski definition) is 6. The van der Waals surface area contributed by atoms with Gasteiger partial charge in [-0.3, -0.25) is 9.69 Å². The van der Waals surface area contributed by atoms with Crippen LogP contribution >= 0.6 is 0 Å². The Kier molecular flexibility index (Phi) is 4.86. The van der Waals surface area contributed by atoms with Gasteiger partial charge in [0.1, 0.15) is 5.69 Å². The number of furan rings is 1. The third kappa shape index (κ3) is 3.44. The lowest BCUT2D eigenvalue weighted by Crippen LogP contribution is -2.46. The molecule has 1 aliphatic heterocycles. The summed E-state index contributed by atoms with van der Waals surface area (Å²) in [7, 11) is 1.30. The maximum Gasteiger partial charge on any atom is 0.354 e. The molecule has 2 aromatic rings. The van der Waals surface area contributed by atoms with Gasteiger partial charge in [-0.05, 0) is 6.92 Å². The Labute approximate surface area is 139 Å². The summed E-state index contributed by atoms with van der Waals surface area (Å²) >= 11 is 0. The van der Waals surface area contributed by atoms with Crippen LogP contribution in [0.15, 0.2) is 16.5 Å². The van der Waals surface area contributed by atoms with Crippen molar-refractivity contribution in [3.63, 3.8) is 0 Å². The molecule has 1 unspecified atom stereocenters. The molecule has 0 aromatic carbocycles. The summed E-state index contributed by atoms with van der Waals surface area (Å²) in [6.07, 6.45) is 0. The van der Waals surface area contributed by atoms with Crippen molar-refractivity contribution in [2.45, 2.75) is 13.0 Å². The quantitative estimate of drug-likeness (QED) is 0.791. The smallest absolute Gasteiger partial charge is 0.354 e. The first-order valence-electron chi connectivity index (χ1n) is 7.89. The van der Waals surface area contributed by atoms with E-state index in [0.29, 0.717) is 29.4 Å². The zero-order valence-corrected chi connectivity index (χ0v) is 13.8. The van der Waals surface area contributed by atoms with Crippen molar-refractivity contribution in [2.24, 2.45) is 0 Å². The first kappa shape index (κ1) is 16.5. The minimum atomic E-state index is -0.480. The Morgan fingerprint density at radius 1 is 1.46 bits per heavy atom. The number of rotatable bonds is 5. The molecule has 2 aromatic heterocycles. The van der Waals surface area contributed by atoms with Gasteiger partial charge in [-0.2, -0.15) is 0 Å². The van der Waals surface area contributed by atoms with Crippen molar-refractivity contribution >= 4 is 23.0 Å². The molecule has 1 fully saturated rings. The number of carbonyl (C=O) groups is 2. The normalized spacial score (nSPS) is 18.7. The van der Waals surface area contributed by atoms with Gasteiger partial charge in [-0.15, -0.1) is 0 Å². The van der Waals surface area contributed by atoms with Gasteiger partial charge in [0.05, 0.1) is 25.8 Å². The number of hydrogen-bond donors (Lipinski definition) is 2. The fraction of sp³-hybridized carbons (Fsp3) is 0.500. The molecule has 0 saturated carbocycles. The lowest BCUT2D eigenvalue weighted by atomic mass is 10.2. The van der Waals surface area contributed by atoms with Crippen molar-refractivity contribution < 1.29 is 23.5 Å². The van der Waals surface area contributed by atoms with Crippen LogP contribution < -0.4 is 5.32 Å². The lowest BCUT2D eigenvalue weighted by Gasteiger charge is -2.33. The molecule has 1 amide bonds. The summed E-state index contributed by atoms with van der Waals surface area (Å²) in [5.41, 5.74) is 1.32. The van der Waals surface area contributed by atoms with Gasteiger partial charge in [0, 0.05) is 37.8 Å². The van der Waals surface area contributed by atoms with E-state index in [4.69, 9.17) is 9.15 Å². The zero-order chi connectivity index (χ0) is 17.1. The van der Waals surface area contributed by atoms with Crippen molar-refractivity contribution in [1.82, 2.24) is 15.2 Å². The molecule has 2 N–H and O–H groups in total. The van der Waals surface area contributed by atoms with Crippen LogP contribution in [0.1, 0.15) is 28.0 Å². The summed E-state index contributed by atoms with van der Waals surface area (Å²) in [6.45, 7) is 5.72. The number of nitrogens with zero attached hydrogens (tertiary/aromatic N) is 1. The third-order valence-electron chi connectivity index (χ3n) is 4.12.